The summed E-state index contributed by atoms with van der Waals surface area (Å²) in [6, 6.07) is 0. The van der Waals surface area contributed by atoms with E-state index in [0.717, 1.165) is 19.3 Å². The lowest BCUT2D eigenvalue weighted by molar-refractivity contribution is -0.129. The average molecular weight is 247 g/mol. The van der Waals surface area contributed by atoms with Gasteiger partial charge in [0, 0.05) is 6.61 Å². The maximum Gasteiger partial charge on any atom is 0.223 e. The number of ether oxygens (including phenoxy) is 1. The summed E-state index contributed by atoms with van der Waals surface area (Å²) in [7, 11) is 0. The molecule has 4 N–H and O–H groups in total. The molecule has 1 atom stereocenters. The van der Waals surface area contributed by atoms with Crippen LogP contribution in [0.25, 0.3) is 0 Å². The highest BCUT2D eigenvalue weighted by molar-refractivity contribution is 5.77. The van der Waals surface area contributed by atoms with E-state index in [2.05, 4.69) is 5.32 Å². The smallest absolute Gasteiger partial charge is 0.223 e. The number of amides is 1. The zero-order chi connectivity index (χ0) is 12.7. The SMILES string of the molecule is O=C(CC1CCCCO1)NC(CO)(CO)CO. The fourth-order valence-electron chi connectivity index (χ4n) is 1.79. The van der Waals surface area contributed by atoms with Crippen molar-refractivity contribution < 1.29 is 24.9 Å². The second kappa shape index (κ2) is 6.90. The highest BCUT2D eigenvalue weighted by atomic mass is 16.5. The molecule has 1 amide bonds. The number of aliphatic hydroxyl groups excluding tert-OH is 3. The van der Waals surface area contributed by atoms with Gasteiger partial charge in [-0.1, -0.05) is 0 Å². The molecular weight excluding hydrogens is 226 g/mol. The zero-order valence-corrected chi connectivity index (χ0v) is 9.89. The quantitative estimate of drug-likeness (QED) is 0.471. The summed E-state index contributed by atoms with van der Waals surface area (Å²) in [5.41, 5.74) is -1.34. The summed E-state index contributed by atoms with van der Waals surface area (Å²) in [4.78, 5) is 11.7. The van der Waals surface area contributed by atoms with Crippen LogP contribution in [0.5, 0.6) is 0 Å². The van der Waals surface area contributed by atoms with Crippen molar-refractivity contribution in [3.63, 3.8) is 0 Å². The first-order valence-corrected chi connectivity index (χ1v) is 5.91. The van der Waals surface area contributed by atoms with Crippen LogP contribution in [0.4, 0.5) is 0 Å². The van der Waals surface area contributed by atoms with Gasteiger partial charge in [-0.05, 0) is 19.3 Å². The van der Waals surface area contributed by atoms with Crippen molar-refractivity contribution in [3.8, 4) is 0 Å². The fraction of sp³-hybridized carbons (Fsp3) is 0.909. The summed E-state index contributed by atoms with van der Waals surface area (Å²) in [5.74, 6) is -0.325. The molecular formula is C11H21NO5. The lowest BCUT2D eigenvalue weighted by atomic mass is 10.0. The largest absolute Gasteiger partial charge is 0.394 e. The molecule has 1 rings (SSSR count). The van der Waals surface area contributed by atoms with Gasteiger partial charge in [0.25, 0.3) is 0 Å². The normalized spacial score (nSPS) is 21.2. The van der Waals surface area contributed by atoms with Gasteiger partial charge < -0.3 is 25.4 Å². The second-order valence-electron chi connectivity index (χ2n) is 4.50. The topological polar surface area (TPSA) is 99.0 Å². The van der Waals surface area contributed by atoms with Crippen molar-refractivity contribution in [3.05, 3.63) is 0 Å². The summed E-state index contributed by atoms with van der Waals surface area (Å²) in [5, 5.41) is 29.7. The van der Waals surface area contributed by atoms with Crippen LogP contribution in [0, 0.1) is 0 Å². The lowest BCUT2D eigenvalue weighted by Gasteiger charge is -2.30. The number of hydrogen-bond acceptors (Lipinski definition) is 5. The van der Waals surface area contributed by atoms with E-state index >= 15 is 0 Å². The van der Waals surface area contributed by atoms with Gasteiger partial charge in [0.05, 0.1) is 32.3 Å². The molecule has 0 aromatic carbocycles. The van der Waals surface area contributed by atoms with Gasteiger partial charge in [0.2, 0.25) is 5.91 Å². The Labute approximate surface area is 101 Å². The molecule has 0 radical (unpaired) electrons. The Balaban J connectivity index is 2.41. The Morgan fingerprint density at radius 1 is 1.24 bits per heavy atom. The summed E-state index contributed by atoms with van der Waals surface area (Å²) in [6.07, 6.45) is 3.01. The second-order valence-corrected chi connectivity index (χ2v) is 4.50. The maximum atomic E-state index is 11.7. The lowest BCUT2D eigenvalue weighted by Crippen LogP contribution is -2.57. The van der Waals surface area contributed by atoms with E-state index in [1.54, 1.807) is 0 Å². The van der Waals surface area contributed by atoms with E-state index < -0.39 is 25.4 Å². The van der Waals surface area contributed by atoms with Crippen LogP contribution in [0.1, 0.15) is 25.7 Å². The molecule has 0 aliphatic carbocycles. The van der Waals surface area contributed by atoms with Crippen molar-refractivity contribution in [2.75, 3.05) is 26.4 Å². The van der Waals surface area contributed by atoms with Crippen molar-refractivity contribution in [1.29, 1.82) is 0 Å². The van der Waals surface area contributed by atoms with Crippen molar-refractivity contribution >= 4 is 5.91 Å². The molecule has 0 bridgehead atoms. The first-order chi connectivity index (χ1) is 8.15. The molecule has 1 saturated heterocycles. The minimum Gasteiger partial charge on any atom is -0.394 e. The van der Waals surface area contributed by atoms with Crippen LogP contribution in [0.3, 0.4) is 0 Å². The number of nitrogens with one attached hydrogen (secondary N) is 1. The van der Waals surface area contributed by atoms with E-state index in [1.165, 1.54) is 0 Å². The van der Waals surface area contributed by atoms with Crippen LogP contribution in [0.15, 0.2) is 0 Å². The molecule has 1 aliphatic rings. The molecule has 6 nitrogen and oxygen atoms in total. The highest BCUT2D eigenvalue weighted by Crippen LogP contribution is 2.16. The predicted molar refractivity (Wildman–Crippen MR) is 60.3 cm³/mol. The molecule has 100 valence electrons. The molecule has 0 aromatic rings. The molecule has 0 saturated carbocycles. The number of carbonyl (C=O) groups is 1. The molecule has 0 aromatic heterocycles. The van der Waals surface area contributed by atoms with Gasteiger partial charge in [-0.15, -0.1) is 0 Å². The number of hydrogen-bond donors (Lipinski definition) is 4. The Kier molecular flexibility index (Phi) is 5.84. The van der Waals surface area contributed by atoms with Crippen LogP contribution >= 0.6 is 0 Å². The third kappa shape index (κ3) is 4.23. The minimum absolute atomic E-state index is 0.0995. The summed E-state index contributed by atoms with van der Waals surface area (Å²) in [6.45, 7) is -0.838. The molecule has 1 unspecified atom stereocenters. The van der Waals surface area contributed by atoms with Crippen molar-refractivity contribution in [1.82, 2.24) is 5.32 Å². The third-order valence-corrected chi connectivity index (χ3v) is 3.00. The number of aliphatic hydroxyl groups is 3. The van der Waals surface area contributed by atoms with Gasteiger partial charge in [-0.3, -0.25) is 4.79 Å². The zero-order valence-electron chi connectivity index (χ0n) is 9.89. The first kappa shape index (κ1) is 14.4. The van der Waals surface area contributed by atoms with Crippen LogP contribution in [-0.4, -0.2) is 59.3 Å². The minimum atomic E-state index is -1.34. The highest BCUT2D eigenvalue weighted by Gasteiger charge is 2.30. The van der Waals surface area contributed by atoms with Gasteiger partial charge in [-0.2, -0.15) is 0 Å². The van der Waals surface area contributed by atoms with Crippen LogP contribution < -0.4 is 5.32 Å². The fourth-order valence-corrected chi connectivity index (χ4v) is 1.79. The van der Waals surface area contributed by atoms with Crippen molar-refractivity contribution in [2.24, 2.45) is 0 Å². The van der Waals surface area contributed by atoms with Crippen LogP contribution in [-0.2, 0) is 9.53 Å². The summed E-state index contributed by atoms with van der Waals surface area (Å²) >= 11 is 0. The molecule has 17 heavy (non-hydrogen) atoms. The Bertz CT molecular complexity index is 228. The number of rotatable bonds is 6. The van der Waals surface area contributed by atoms with E-state index in [9.17, 15) is 4.79 Å². The third-order valence-electron chi connectivity index (χ3n) is 3.00. The Morgan fingerprint density at radius 2 is 1.88 bits per heavy atom. The standard InChI is InChI=1S/C11H21NO5/c13-6-11(7-14,8-15)12-10(16)5-9-3-1-2-4-17-9/h9,13-15H,1-8H2,(H,12,16). The first-order valence-electron chi connectivity index (χ1n) is 5.91. The predicted octanol–water partition coefficient (Wildman–Crippen LogP) is -1.22. The molecule has 1 fully saturated rings. The Hall–Kier alpha value is -0.690. The molecule has 6 heteroatoms. The number of carbonyl (C=O) groups excluding carboxylic acids is 1. The molecule has 1 heterocycles. The van der Waals surface area contributed by atoms with Crippen molar-refractivity contribution in [2.45, 2.75) is 37.3 Å². The van der Waals surface area contributed by atoms with Gasteiger partial charge in [-0.25, -0.2) is 0 Å². The van der Waals surface area contributed by atoms with Gasteiger partial charge in [0.15, 0.2) is 0 Å². The average Bonchev–Trinajstić information content (AvgIpc) is 2.37. The summed E-state index contributed by atoms with van der Waals surface area (Å²) < 4.78 is 5.42. The van der Waals surface area contributed by atoms with Crippen LogP contribution in [0.2, 0.25) is 0 Å². The maximum absolute atomic E-state index is 11.7. The van der Waals surface area contributed by atoms with E-state index in [0.29, 0.717) is 6.61 Å². The molecule has 1 aliphatic heterocycles. The molecule has 0 spiro atoms. The van der Waals surface area contributed by atoms with Gasteiger partial charge >= 0.3 is 0 Å². The van der Waals surface area contributed by atoms with Gasteiger partial charge in [0.1, 0.15) is 5.54 Å². The van der Waals surface area contributed by atoms with E-state index in [1.807, 2.05) is 0 Å². The monoisotopic (exact) mass is 247 g/mol. The van der Waals surface area contributed by atoms with E-state index in [-0.39, 0.29) is 18.4 Å². The Morgan fingerprint density at radius 3 is 2.35 bits per heavy atom. The van der Waals surface area contributed by atoms with E-state index in [4.69, 9.17) is 20.1 Å².